The van der Waals surface area contributed by atoms with Crippen LogP contribution >= 0.6 is 0 Å². The molecule has 1 aromatic rings. The first kappa shape index (κ1) is 56.8. The number of unbranched alkanes of at least 4 members (excludes halogenated alkanes) is 2. The van der Waals surface area contributed by atoms with Gasteiger partial charge in [-0.2, -0.15) is 4.39 Å². The zero-order chi connectivity index (χ0) is 47.0. The first-order valence-corrected chi connectivity index (χ1v) is 21.4. The zero-order valence-electron chi connectivity index (χ0n) is 36.7. The molecule has 6 N–H and O–H groups in total. The van der Waals surface area contributed by atoms with Gasteiger partial charge in [0.2, 0.25) is 17.5 Å². The van der Waals surface area contributed by atoms with Crippen LogP contribution in [0.25, 0.3) is 0 Å². The number of carbonyl (C=O) groups is 3. The Hall–Kier alpha value is -3.33. The third-order valence-corrected chi connectivity index (χ3v) is 9.48. The lowest BCUT2D eigenvalue weighted by molar-refractivity contribution is -0.179. The summed E-state index contributed by atoms with van der Waals surface area (Å²) < 4.78 is 108. The SMILES string of the molecule is CC(=O)N[C@@H]1[C@@H](O)[C@@H](CO)[C@@H](CO)O[C@@H]1CCCCCOCCOCCNC(=O)NCCOCCOCCOCCOCCOCCOCCC(=O)Oc1c(C)c(F)c(F)c(F)c1F. The topological polar surface area (TPSA) is 240 Å². The van der Waals surface area contributed by atoms with Gasteiger partial charge in [-0.05, 0) is 19.8 Å². The van der Waals surface area contributed by atoms with Crippen LogP contribution in [0, 0.1) is 36.1 Å². The molecule has 1 aliphatic rings. The number of esters is 1. The number of aliphatic hydroxyl groups is 3. The number of benzene rings is 1. The van der Waals surface area contributed by atoms with Gasteiger partial charge in [0.1, 0.15) is 0 Å². The summed E-state index contributed by atoms with van der Waals surface area (Å²) in [4.78, 5) is 35.4. The minimum atomic E-state index is -2.07. The highest BCUT2D eigenvalue weighted by Gasteiger charge is 2.44. The van der Waals surface area contributed by atoms with E-state index in [0.717, 1.165) is 26.2 Å². The third kappa shape index (κ3) is 23.2. The fourth-order valence-electron chi connectivity index (χ4n) is 6.13. The number of urea groups is 1. The molecule has 1 aliphatic heterocycles. The first-order chi connectivity index (χ1) is 30.9. The second-order valence-corrected chi connectivity index (χ2v) is 14.3. The average molecular weight is 934 g/mol. The van der Waals surface area contributed by atoms with E-state index in [9.17, 15) is 47.3 Å². The summed E-state index contributed by atoms with van der Waals surface area (Å²) in [6.45, 7) is 7.16. The van der Waals surface area contributed by atoms with Gasteiger partial charge in [0.15, 0.2) is 17.4 Å². The fraction of sp³-hybridized carbons (Fsp3) is 0.780. The van der Waals surface area contributed by atoms with E-state index in [4.69, 9.17) is 42.6 Å². The van der Waals surface area contributed by atoms with Gasteiger partial charge < -0.3 is 78.6 Å². The fourth-order valence-corrected chi connectivity index (χ4v) is 6.13. The zero-order valence-corrected chi connectivity index (χ0v) is 36.7. The second kappa shape index (κ2) is 34.9. The average Bonchev–Trinajstić information content (AvgIpc) is 3.28. The lowest BCUT2D eigenvalue weighted by atomic mass is 9.84. The number of rotatable bonds is 37. The Balaban J connectivity index is 1.27. The highest BCUT2D eigenvalue weighted by molar-refractivity contribution is 5.74. The maximum Gasteiger partial charge on any atom is 0.314 e. The van der Waals surface area contributed by atoms with Gasteiger partial charge in [-0.1, -0.05) is 12.8 Å². The standard InChI is InChI=1S/C41H67F4N3O16/c1-28-34(42)35(43)36(44)37(45)40(28)64-33(52)7-11-56-15-18-59-20-22-61-24-25-62-23-21-60-19-17-58-13-9-47-41(54)46-8-12-57-16-14-55-10-5-3-4-6-31-38(48-29(2)51)39(53)30(26-49)32(27-50)63-31/h30-32,38-39,49-50,53H,3-27H2,1-2H3,(H,48,51)(H2,46,47,54)/t30-,31+,32+,38-,39-/m0/s1. The van der Waals surface area contributed by atoms with Crippen molar-refractivity contribution in [3.05, 3.63) is 28.8 Å². The molecule has 0 saturated carbocycles. The van der Waals surface area contributed by atoms with Crippen molar-refractivity contribution < 1.29 is 94.6 Å². The monoisotopic (exact) mass is 933 g/mol. The molecule has 1 saturated heterocycles. The maximum absolute atomic E-state index is 13.8. The summed E-state index contributed by atoms with van der Waals surface area (Å²) in [5.41, 5.74) is -0.665. The quantitative estimate of drug-likeness (QED) is 0.0137. The van der Waals surface area contributed by atoms with Crippen LogP contribution in [0.1, 0.15) is 44.6 Å². The Morgan fingerprint density at radius 1 is 0.594 bits per heavy atom. The normalized spacial score (nSPS) is 18.5. The molecule has 1 fully saturated rings. The Bertz CT molecular complexity index is 1430. The van der Waals surface area contributed by atoms with Gasteiger partial charge in [-0.25, -0.2) is 18.0 Å². The lowest BCUT2D eigenvalue weighted by Crippen LogP contribution is -2.62. The van der Waals surface area contributed by atoms with Gasteiger partial charge in [-0.15, -0.1) is 0 Å². The van der Waals surface area contributed by atoms with Crippen LogP contribution in [-0.2, 0) is 52.2 Å². The molecule has 0 unspecified atom stereocenters. The lowest BCUT2D eigenvalue weighted by Gasteiger charge is -2.44. The molecule has 5 atom stereocenters. The van der Waals surface area contributed by atoms with Gasteiger partial charge in [0.25, 0.3) is 0 Å². The van der Waals surface area contributed by atoms with E-state index in [-0.39, 0.29) is 58.0 Å². The number of nitrogens with one attached hydrogen (secondary N) is 3. The van der Waals surface area contributed by atoms with Crippen LogP contribution < -0.4 is 20.7 Å². The molecule has 0 aromatic heterocycles. The van der Waals surface area contributed by atoms with Crippen LogP contribution in [0.2, 0.25) is 0 Å². The van der Waals surface area contributed by atoms with Crippen molar-refractivity contribution in [3.8, 4) is 5.75 Å². The number of halogens is 4. The van der Waals surface area contributed by atoms with E-state index >= 15 is 0 Å². The summed E-state index contributed by atoms with van der Waals surface area (Å²) in [7, 11) is 0. The van der Waals surface area contributed by atoms with Gasteiger partial charge >= 0.3 is 12.0 Å². The third-order valence-electron chi connectivity index (χ3n) is 9.48. The number of aliphatic hydroxyl groups excluding tert-OH is 3. The van der Waals surface area contributed by atoms with Crippen molar-refractivity contribution in [2.75, 3.05) is 132 Å². The molecule has 3 amide bonds. The molecule has 64 heavy (non-hydrogen) atoms. The van der Waals surface area contributed by atoms with Gasteiger partial charge in [-0.3, -0.25) is 9.59 Å². The molecular formula is C41H67F4N3O16. The van der Waals surface area contributed by atoms with E-state index in [1.165, 1.54) is 6.92 Å². The van der Waals surface area contributed by atoms with E-state index < -0.39 is 70.8 Å². The summed E-state index contributed by atoms with van der Waals surface area (Å²) in [6.07, 6.45) is 0.395. The predicted molar refractivity (Wildman–Crippen MR) is 218 cm³/mol. The van der Waals surface area contributed by atoms with Gasteiger partial charge in [0, 0.05) is 38.1 Å². The maximum atomic E-state index is 13.8. The summed E-state index contributed by atoms with van der Waals surface area (Å²) >= 11 is 0. The highest BCUT2D eigenvalue weighted by atomic mass is 19.2. The van der Waals surface area contributed by atoms with Crippen LogP contribution in [0.3, 0.4) is 0 Å². The van der Waals surface area contributed by atoms with Crippen LogP contribution in [0.15, 0.2) is 0 Å². The van der Waals surface area contributed by atoms with Crippen molar-refractivity contribution in [1.82, 2.24) is 16.0 Å². The van der Waals surface area contributed by atoms with Crippen LogP contribution in [0.5, 0.6) is 5.75 Å². The Morgan fingerprint density at radius 2 is 1.06 bits per heavy atom. The summed E-state index contributed by atoms with van der Waals surface area (Å²) in [5, 5.41) is 38.0. The largest absolute Gasteiger partial charge is 0.423 e. The minimum absolute atomic E-state index is 0.121. The highest BCUT2D eigenvalue weighted by Crippen LogP contribution is 2.31. The molecule has 0 bridgehead atoms. The summed E-state index contributed by atoms with van der Waals surface area (Å²) in [6, 6.07) is -1.01. The van der Waals surface area contributed by atoms with Crippen LogP contribution in [-0.4, -0.2) is 190 Å². The van der Waals surface area contributed by atoms with Crippen molar-refractivity contribution >= 4 is 17.9 Å². The molecular weight excluding hydrogens is 866 g/mol. The molecule has 0 aliphatic carbocycles. The van der Waals surface area contributed by atoms with Crippen molar-refractivity contribution in [2.45, 2.75) is 70.3 Å². The molecule has 19 nitrogen and oxygen atoms in total. The molecule has 0 spiro atoms. The molecule has 2 rings (SSSR count). The van der Waals surface area contributed by atoms with E-state index in [1.807, 2.05) is 0 Å². The smallest absolute Gasteiger partial charge is 0.314 e. The predicted octanol–water partition coefficient (Wildman–Crippen LogP) is 1.07. The van der Waals surface area contributed by atoms with Crippen molar-refractivity contribution in [2.24, 2.45) is 5.92 Å². The molecule has 1 heterocycles. The number of ether oxygens (including phenoxy) is 10. The van der Waals surface area contributed by atoms with Crippen molar-refractivity contribution in [3.63, 3.8) is 0 Å². The van der Waals surface area contributed by atoms with E-state index in [2.05, 4.69) is 20.7 Å². The molecule has 0 radical (unpaired) electrons. The van der Waals surface area contributed by atoms with Crippen molar-refractivity contribution in [1.29, 1.82) is 0 Å². The molecule has 370 valence electrons. The van der Waals surface area contributed by atoms with E-state index in [0.29, 0.717) is 98.8 Å². The number of hydrogen-bond acceptors (Lipinski definition) is 16. The Morgan fingerprint density at radius 3 is 1.55 bits per heavy atom. The Labute approximate surface area is 371 Å². The summed E-state index contributed by atoms with van der Waals surface area (Å²) in [5.74, 6) is -10.5. The van der Waals surface area contributed by atoms with E-state index in [1.54, 1.807) is 0 Å². The second-order valence-electron chi connectivity index (χ2n) is 14.3. The van der Waals surface area contributed by atoms with Gasteiger partial charge in [0.05, 0.1) is 143 Å². The number of amides is 3. The number of carbonyl (C=O) groups excluding carboxylic acids is 3. The first-order valence-electron chi connectivity index (χ1n) is 21.4. The molecule has 1 aromatic carbocycles. The number of hydrogen-bond donors (Lipinski definition) is 6. The Kier molecular flexibility index (Phi) is 31.0. The van der Waals surface area contributed by atoms with Crippen LogP contribution in [0.4, 0.5) is 22.4 Å². The molecule has 23 heteroatoms. The minimum Gasteiger partial charge on any atom is -0.423 e.